The van der Waals surface area contributed by atoms with Crippen LogP contribution in [0, 0.1) is 6.92 Å². The molecule has 0 fully saturated rings. The van der Waals surface area contributed by atoms with Gasteiger partial charge in [-0.1, -0.05) is 31.2 Å². The minimum atomic E-state index is -3.01. The van der Waals surface area contributed by atoms with Gasteiger partial charge in [-0.2, -0.15) is 0 Å². The average molecular weight is 520 g/mol. The monoisotopic (exact) mass is 519 g/mol. The van der Waals surface area contributed by atoms with Crippen LogP contribution < -0.4 is 14.8 Å². The molecular weight excluding hydrogens is 486 g/mol. The summed E-state index contributed by atoms with van der Waals surface area (Å²) in [7, 11) is -3.01. The fraction of sp³-hybridized carbons (Fsp3) is 0.345. The Morgan fingerprint density at radius 1 is 1.14 bits per heavy atom. The molecule has 0 radical (unpaired) electrons. The first kappa shape index (κ1) is 25.1. The van der Waals surface area contributed by atoms with Gasteiger partial charge in [-0.3, -0.25) is 4.57 Å². The SMILES string of the molecule is CCc1nc2c(OCCCS(C)(=O)=O)cccc2n1-c1cccc(CNc2ccc3c(c2)OCC3)c1C. The van der Waals surface area contributed by atoms with Crippen LogP contribution in [0.15, 0.2) is 54.6 Å². The van der Waals surface area contributed by atoms with Gasteiger partial charge in [-0.25, -0.2) is 13.4 Å². The van der Waals surface area contributed by atoms with Crippen LogP contribution in [0.5, 0.6) is 11.5 Å². The Morgan fingerprint density at radius 2 is 1.97 bits per heavy atom. The van der Waals surface area contributed by atoms with Crippen LogP contribution in [0.25, 0.3) is 16.7 Å². The fourth-order valence-corrected chi connectivity index (χ4v) is 5.47. The van der Waals surface area contributed by atoms with Crippen molar-refractivity contribution in [2.24, 2.45) is 0 Å². The van der Waals surface area contributed by atoms with Gasteiger partial charge in [0.05, 0.1) is 30.2 Å². The molecule has 5 rings (SSSR count). The molecule has 37 heavy (non-hydrogen) atoms. The van der Waals surface area contributed by atoms with E-state index in [1.165, 1.54) is 22.9 Å². The molecule has 8 heteroatoms. The van der Waals surface area contributed by atoms with Crippen LogP contribution in [0.3, 0.4) is 0 Å². The van der Waals surface area contributed by atoms with Crippen molar-refractivity contribution < 1.29 is 17.9 Å². The zero-order valence-corrected chi connectivity index (χ0v) is 22.4. The number of aromatic nitrogens is 2. The van der Waals surface area contributed by atoms with Crippen molar-refractivity contribution >= 4 is 26.6 Å². The van der Waals surface area contributed by atoms with Crippen molar-refractivity contribution in [3.05, 3.63) is 77.1 Å². The standard InChI is InChI=1S/C29H33N3O4S/c1-4-28-31-29-25(10-6-11-26(29)35-15-7-17-37(3,33)34)32(28)24-9-5-8-22(20(24)2)19-30-23-13-12-21-14-16-36-27(21)18-23/h5-6,8-13,18,30H,4,7,14-17,19H2,1-3H3. The Morgan fingerprint density at radius 3 is 2.78 bits per heavy atom. The minimum Gasteiger partial charge on any atom is -0.493 e. The number of aryl methyl sites for hydroxylation is 1. The lowest BCUT2D eigenvalue weighted by atomic mass is 10.1. The largest absolute Gasteiger partial charge is 0.493 e. The van der Waals surface area contributed by atoms with Gasteiger partial charge < -0.3 is 14.8 Å². The molecule has 0 saturated heterocycles. The maximum atomic E-state index is 11.4. The second kappa shape index (κ2) is 10.5. The van der Waals surface area contributed by atoms with E-state index in [0.717, 1.165) is 53.4 Å². The lowest BCUT2D eigenvalue weighted by Crippen LogP contribution is -2.08. The van der Waals surface area contributed by atoms with Crippen molar-refractivity contribution in [2.45, 2.75) is 39.7 Å². The number of nitrogens with one attached hydrogen (secondary N) is 1. The van der Waals surface area contributed by atoms with E-state index < -0.39 is 9.84 Å². The van der Waals surface area contributed by atoms with Crippen LogP contribution in [0.4, 0.5) is 5.69 Å². The van der Waals surface area contributed by atoms with Crippen LogP contribution in [0.2, 0.25) is 0 Å². The molecule has 1 aromatic heterocycles. The predicted octanol–water partition coefficient (Wildman–Crippen LogP) is 5.26. The first-order valence-electron chi connectivity index (χ1n) is 12.7. The Balaban J connectivity index is 1.41. The minimum absolute atomic E-state index is 0.107. The van der Waals surface area contributed by atoms with E-state index in [-0.39, 0.29) is 5.75 Å². The van der Waals surface area contributed by atoms with Gasteiger partial charge in [-0.15, -0.1) is 0 Å². The summed E-state index contributed by atoms with van der Waals surface area (Å²) in [5.41, 5.74) is 7.55. The van der Waals surface area contributed by atoms with Gasteiger partial charge >= 0.3 is 0 Å². The Labute approximate surface area is 218 Å². The van der Waals surface area contributed by atoms with Crippen LogP contribution in [-0.2, 0) is 29.2 Å². The molecule has 0 bridgehead atoms. The summed E-state index contributed by atoms with van der Waals surface area (Å²) in [6, 6.07) is 18.6. The van der Waals surface area contributed by atoms with Gasteiger partial charge in [0.2, 0.25) is 0 Å². The lowest BCUT2D eigenvalue weighted by Gasteiger charge is -2.16. The van der Waals surface area contributed by atoms with Gasteiger partial charge in [0.25, 0.3) is 0 Å². The quantitative estimate of drug-likeness (QED) is 0.288. The smallest absolute Gasteiger partial charge is 0.147 e. The van der Waals surface area contributed by atoms with E-state index in [1.54, 1.807) is 0 Å². The highest BCUT2D eigenvalue weighted by molar-refractivity contribution is 7.90. The molecule has 3 aromatic carbocycles. The first-order chi connectivity index (χ1) is 17.8. The Kier molecular flexibility index (Phi) is 7.11. The summed E-state index contributed by atoms with van der Waals surface area (Å²) in [6.07, 6.45) is 3.43. The molecular formula is C29H33N3O4S. The second-order valence-electron chi connectivity index (χ2n) is 9.51. The van der Waals surface area contributed by atoms with E-state index in [9.17, 15) is 8.42 Å². The van der Waals surface area contributed by atoms with Crippen molar-refractivity contribution in [3.63, 3.8) is 0 Å². The molecule has 1 N–H and O–H groups in total. The summed E-state index contributed by atoms with van der Waals surface area (Å²) in [5, 5.41) is 3.55. The van der Waals surface area contributed by atoms with Gasteiger partial charge in [0.15, 0.2) is 0 Å². The number of imidazole rings is 1. The first-order valence-corrected chi connectivity index (χ1v) is 14.8. The number of hydrogen-bond donors (Lipinski definition) is 1. The molecule has 4 aromatic rings. The van der Waals surface area contributed by atoms with E-state index >= 15 is 0 Å². The highest BCUT2D eigenvalue weighted by Crippen LogP contribution is 2.32. The summed E-state index contributed by atoms with van der Waals surface area (Å²) in [6.45, 7) is 6.03. The number of hydrogen-bond acceptors (Lipinski definition) is 6. The molecule has 0 amide bonds. The number of ether oxygens (including phenoxy) is 2. The van der Waals surface area contributed by atoms with Gasteiger partial charge in [0, 0.05) is 37.4 Å². The third-order valence-corrected chi connectivity index (χ3v) is 7.82. The van der Waals surface area contributed by atoms with Crippen molar-refractivity contribution in [1.29, 1.82) is 0 Å². The Hall–Kier alpha value is -3.52. The van der Waals surface area contributed by atoms with Crippen molar-refractivity contribution in [1.82, 2.24) is 9.55 Å². The van der Waals surface area contributed by atoms with Crippen LogP contribution >= 0.6 is 0 Å². The predicted molar refractivity (Wildman–Crippen MR) is 148 cm³/mol. The molecule has 1 aliphatic rings. The van der Waals surface area contributed by atoms with Crippen molar-refractivity contribution in [3.8, 4) is 17.2 Å². The van der Waals surface area contributed by atoms with E-state index in [1.807, 2.05) is 12.1 Å². The fourth-order valence-electron chi connectivity index (χ4n) is 4.82. The van der Waals surface area contributed by atoms with Crippen molar-refractivity contribution in [2.75, 3.05) is 30.5 Å². The van der Waals surface area contributed by atoms with Gasteiger partial charge in [0.1, 0.15) is 32.7 Å². The molecule has 1 aliphatic heterocycles. The average Bonchev–Trinajstić information content (AvgIpc) is 3.50. The van der Waals surface area contributed by atoms with E-state index in [4.69, 9.17) is 14.5 Å². The summed E-state index contributed by atoms with van der Waals surface area (Å²) >= 11 is 0. The highest BCUT2D eigenvalue weighted by atomic mass is 32.2. The molecule has 0 spiro atoms. The summed E-state index contributed by atoms with van der Waals surface area (Å²) in [4.78, 5) is 4.92. The number of benzene rings is 3. The normalized spacial score (nSPS) is 12.9. The summed E-state index contributed by atoms with van der Waals surface area (Å²) in [5.74, 6) is 2.71. The maximum absolute atomic E-state index is 11.4. The molecule has 7 nitrogen and oxygen atoms in total. The van der Waals surface area contributed by atoms with E-state index in [2.05, 4.69) is 66.2 Å². The molecule has 0 unspecified atom stereocenters. The van der Waals surface area contributed by atoms with E-state index in [0.29, 0.717) is 25.3 Å². The topological polar surface area (TPSA) is 82.5 Å². The molecule has 0 saturated carbocycles. The lowest BCUT2D eigenvalue weighted by molar-refractivity contribution is 0.321. The molecule has 0 aliphatic carbocycles. The number of fused-ring (bicyclic) bond motifs is 2. The highest BCUT2D eigenvalue weighted by Gasteiger charge is 2.18. The molecule has 194 valence electrons. The number of anilines is 1. The number of para-hydroxylation sites is 1. The molecule has 2 heterocycles. The van der Waals surface area contributed by atoms with Crippen LogP contribution in [-0.4, -0.2) is 43.2 Å². The number of nitrogens with zero attached hydrogens (tertiary/aromatic N) is 2. The number of sulfone groups is 1. The third kappa shape index (κ3) is 5.44. The maximum Gasteiger partial charge on any atom is 0.147 e. The van der Waals surface area contributed by atoms with Gasteiger partial charge in [-0.05, 0) is 54.3 Å². The zero-order chi connectivity index (χ0) is 26.0. The second-order valence-corrected chi connectivity index (χ2v) is 11.8. The third-order valence-electron chi connectivity index (χ3n) is 6.79. The summed E-state index contributed by atoms with van der Waals surface area (Å²) < 4.78 is 36.8. The van der Waals surface area contributed by atoms with Crippen LogP contribution in [0.1, 0.15) is 35.9 Å². The number of rotatable bonds is 10. The Bertz CT molecular complexity index is 1540. The zero-order valence-electron chi connectivity index (χ0n) is 21.6. The molecule has 0 atom stereocenters.